The lowest BCUT2D eigenvalue weighted by Crippen LogP contribution is -2.29. The third-order valence-corrected chi connectivity index (χ3v) is 4.91. The fraction of sp³-hybridized carbons (Fsp3) is 0.417. The molecule has 0 unspecified atom stereocenters. The van der Waals surface area contributed by atoms with Gasteiger partial charge in [0.15, 0.2) is 9.84 Å². The van der Waals surface area contributed by atoms with Crippen LogP contribution >= 0.6 is 0 Å². The number of anilines is 1. The number of rotatable bonds is 2. The SMILES string of the molecule is N=C(N)c1cc(F)c(N2CCCS(=O)(=O)CC2)c(F)c1. The Labute approximate surface area is 115 Å². The Kier molecular flexibility index (Phi) is 3.94. The molecule has 3 N–H and O–H groups in total. The predicted octanol–water partition coefficient (Wildman–Crippen LogP) is 0.874. The van der Waals surface area contributed by atoms with Gasteiger partial charge in [-0.15, -0.1) is 0 Å². The molecule has 0 atom stereocenters. The van der Waals surface area contributed by atoms with Crippen molar-refractivity contribution in [2.45, 2.75) is 6.42 Å². The Morgan fingerprint density at radius 1 is 1.20 bits per heavy atom. The second-order valence-corrected chi connectivity index (χ2v) is 7.00. The zero-order valence-electron chi connectivity index (χ0n) is 10.7. The molecule has 1 aliphatic rings. The quantitative estimate of drug-likeness (QED) is 0.627. The number of nitrogen functional groups attached to an aromatic ring is 1. The molecule has 1 aliphatic heterocycles. The average molecular weight is 303 g/mol. The van der Waals surface area contributed by atoms with Crippen molar-refractivity contribution in [2.75, 3.05) is 29.5 Å². The average Bonchev–Trinajstić information content (AvgIpc) is 2.50. The van der Waals surface area contributed by atoms with Crippen LogP contribution in [-0.2, 0) is 9.84 Å². The monoisotopic (exact) mass is 303 g/mol. The van der Waals surface area contributed by atoms with Crippen molar-refractivity contribution in [3.8, 4) is 0 Å². The molecule has 5 nitrogen and oxygen atoms in total. The fourth-order valence-electron chi connectivity index (χ4n) is 2.19. The van der Waals surface area contributed by atoms with Gasteiger partial charge in [0.25, 0.3) is 0 Å². The van der Waals surface area contributed by atoms with Gasteiger partial charge in [0.05, 0.1) is 11.5 Å². The van der Waals surface area contributed by atoms with E-state index in [9.17, 15) is 17.2 Å². The van der Waals surface area contributed by atoms with Gasteiger partial charge in [-0.3, -0.25) is 5.41 Å². The summed E-state index contributed by atoms with van der Waals surface area (Å²) in [5.41, 5.74) is 4.90. The first-order valence-corrected chi connectivity index (χ1v) is 7.91. The number of amidine groups is 1. The summed E-state index contributed by atoms with van der Waals surface area (Å²) in [5.74, 6) is -2.20. The highest BCUT2D eigenvalue weighted by Gasteiger charge is 2.24. The van der Waals surface area contributed by atoms with Gasteiger partial charge in [-0.25, -0.2) is 17.2 Å². The van der Waals surface area contributed by atoms with Crippen LogP contribution in [-0.4, -0.2) is 38.8 Å². The number of hydrogen-bond acceptors (Lipinski definition) is 4. The molecule has 2 rings (SSSR count). The maximum atomic E-state index is 14.0. The number of nitrogens with one attached hydrogen (secondary N) is 1. The van der Waals surface area contributed by atoms with Crippen LogP contribution in [0.2, 0.25) is 0 Å². The lowest BCUT2D eigenvalue weighted by Gasteiger charge is -2.23. The van der Waals surface area contributed by atoms with Crippen LogP contribution in [0.15, 0.2) is 12.1 Å². The molecule has 0 amide bonds. The summed E-state index contributed by atoms with van der Waals surface area (Å²) in [7, 11) is -3.15. The van der Waals surface area contributed by atoms with Crippen LogP contribution < -0.4 is 10.6 Å². The van der Waals surface area contributed by atoms with Gasteiger partial charge in [0.2, 0.25) is 0 Å². The van der Waals surface area contributed by atoms with E-state index in [0.29, 0.717) is 6.42 Å². The maximum Gasteiger partial charge on any atom is 0.152 e. The van der Waals surface area contributed by atoms with Gasteiger partial charge < -0.3 is 10.6 Å². The number of halogens is 2. The second kappa shape index (κ2) is 5.35. The van der Waals surface area contributed by atoms with E-state index >= 15 is 0 Å². The summed E-state index contributed by atoms with van der Waals surface area (Å²) in [5, 5.41) is 7.18. The van der Waals surface area contributed by atoms with Gasteiger partial charge in [-0.05, 0) is 18.6 Å². The second-order valence-electron chi connectivity index (χ2n) is 4.69. The molecule has 0 bridgehead atoms. The van der Waals surface area contributed by atoms with Crippen molar-refractivity contribution in [1.82, 2.24) is 0 Å². The molecule has 0 aromatic heterocycles. The highest BCUT2D eigenvalue weighted by atomic mass is 32.2. The van der Waals surface area contributed by atoms with Gasteiger partial charge >= 0.3 is 0 Å². The number of sulfone groups is 1. The van der Waals surface area contributed by atoms with Gasteiger partial charge in [0.1, 0.15) is 23.2 Å². The predicted molar refractivity (Wildman–Crippen MR) is 72.9 cm³/mol. The van der Waals surface area contributed by atoms with E-state index in [1.807, 2.05) is 0 Å². The van der Waals surface area contributed by atoms with E-state index < -0.39 is 27.3 Å². The standard InChI is InChI=1S/C12H15F2N3O2S/c13-9-6-8(12(15)16)7-10(14)11(9)17-2-1-4-20(18,19)5-3-17/h6-7H,1-5H2,(H3,15,16). The molecular formula is C12H15F2N3O2S. The first-order valence-electron chi connectivity index (χ1n) is 6.09. The third-order valence-electron chi connectivity index (χ3n) is 3.20. The largest absolute Gasteiger partial charge is 0.384 e. The Balaban J connectivity index is 2.35. The van der Waals surface area contributed by atoms with E-state index in [2.05, 4.69) is 0 Å². The summed E-state index contributed by atoms with van der Waals surface area (Å²) < 4.78 is 51.0. The zero-order valence-corrected chi connectivity index (χ0v) is 11.5. The Bertz CT molecular complexity index is 623. The van der Waals surface area contributed by atoms with Crippen LogP contribution in [0.4, 0.5) is 14.5 Å². The summed E-state index contributed by atoms with van der Waals surface area (Å²) in [6.07, 6.45) is 0.329. The number of nitrogens with two attached hydrogens (primary N) is 1. The first-order chi connectivity index (χ1) is 9.30. The first kappa shape index (κ1) is 14.7. The van der Waals surface area contributed by atoms with E-state index in [1.54, 1.807) is 0 Å². The van der Waals surface area contributed by atoms with Crippen molar-refractivity contribution >= 4 is 21.4 Å². The fourth-order valence-corrected chi connectivity index (χ4v) is 3.46. The van der Waals surface area contributed by atoms with Crippen LogP contribution in [0.5, 0.6) is 0 Å². The Morgan fingerprint density at radius 2 is 1.80 bits per heavy atom. The molecule has 1 aromatic rings. The molecule has 1 aromatic carbocycles. The Morgan fingerprint density at radius 3 is 2.35 bits per heavy atom. The van der Waals surface area contributed by atoms with Crippen LogP contribution in [0, 0.1) is 17.0 Å². The molecule has 8 heteroatoms. The van der Waals surface area contributed by atoms with Crippen LogP contribution in [0.1, 0.15) is 12.0 Å². The Hall–Kier alpha value is -1.70. The number of nitrogens with zero attached hydrogens (tertiary/aromatic N) is 1. The minimum absolute atomic E-state index is 0.0261. The minimum Gasteiger partial charge on any atom is -0.384 e. The van der Waals surface area contributed by atoms with Gasteiger partial charge in [-0.2, -0.15) is 0 Å². The lowest BCUT2D eigenvalue weighted by atomic mass is 10.1. The molecule has 0 saturated carbocycles. The molecule has 0 radical (unpaired) electrons. The van der Waals surface area contributed by atoms with Gasteiger partial charge in [0, 0.05) is 18.7 Å². The molecule has 1 fully saturated rings. The summed E-state index contributed by atoms with van der Waals surface area (Å²) in [6, 6.07) is 1.97. The maximum absolute atomic E-state index is 14.0. The molecule has 1 saturated heterocycles. The molecule has 1 heterocycles. The number of hydrogen-bond donors (Lipinski definition) is 2. The van der Waals surface area contributed by atoms with Crippen molar-refractivity contribution in [3.05, 3.63) is 29.3 Å². The van der Waals surface area contributed by atoms with E-state index in [1.165, 1.54) is 4.90 Å². The van der Waals surface area contributed by atoms with Crippen molar-refractivity contribution in [2.24, 2.45) is 5.73 Å². The smallest absolute Gasteiger partial charge is 0.152 e. The number of benzene rings is 1. The summed E-state index contributed by atoms with van der Waals surface area (Å²) in [4.78, 5) is 1.39. The van der Waals surface area contributed by atoms with E-state index in [0.717, 1.165) is 12.1 Å². The highest BCUT2D eigenvalue weighted by Crippen LogP contribution is 2.26. The van der Waals surface area contributed by atoms with Crippen molar-refractivity contribution in [1.29, 1.82) is 5.41 Å². The van der Waals surface area contributed by atoms with E-state index in [4.69, 9.17) is 11.1 Å². The van der Waals surface area contributed by atoms with Crippen LogP contribution in [0.25, 0.3) is 0 Å². The molecular weight excluding hydrogens is 288 g/mol. The third kappa shape index (κ3) is 3.06. The molecule has 0 spiro atoms. The topological polar surface area (TPSA) is 87.2 Å². The highest BCUT2D eigenvalue weighted by molar-refractivity contribution is 7.91. The minimum atomic E-state index is -3.15. The summed E-state index contributed by atoms with van der Waals surface area (Å²) in [6.45, 7) is 0.322. The van der Waals surface area contributed by atoms with Gasteiger partial charge in [-0.1, -0.05) is 0 Å². The molecule has 110 valence electrons. The molecule has 0 aliphatic carbocycles. The lowest BCUT2D eigenvalue weighted by molar-refractivity contribution is 0.571. The zero-order chi connectivity index (χ0) is 14.9. The van der Waals surface area contributed by atoms with Crippen LogP contribution in [0.3, 0.4) is 0 Å². The molecule has 20 heavy (non-hydrogen) atoms. The van der Waals surface area contributed by atoms with Crippen molar-refractivity contribution < 1.29 is 17.2 Å². The van der Waals surface area contributed by atoms with Crippen molar-refractivity contribution in [3.63, 3.8) is 0 Å². The normalized spacial score (nSPS) is 18.6. The van der Waals surface area contributed by atoms with E-state index in [-0.39, 0.29) is 35.8 Å². The summed E-state index contributed by atoms with van der Waals surface area (Å²) >= 11 is 0.